The molecule has 0 aliphatic carbocycles. The van der Waals surface area contributed by atoms with Crippen LogP contribution in [-0.4, -0.2) is 10.9 Å². The van der Waals surface area contributed by atoms with Gasteiger partial charge in [0, 0.05) is 23.0 Å². The monoisotopic (exact) mass is 235 g/mol. The molecule has 1 atom stereocenters. The summed E-state index contributed by atoms with van der Waals surface area (Å²) in [6, 6.07) is 2.49. The van der Waals surface area contributed by atoms with E-state index in [4.69, 9.17) is 0 Å². The maximum Gasteiger partial charge on any atom is 0.151 e. The number of aromatic nitrogens is 1. The molecule has 0 bridgehead atoms. The standard InChI is InChI=1S/C15H25NO/c1-5-6-7-8-9-12(2)16-13(3)10-15(11-17)14(16)4/h10-12H,5-9H2,1-4H3. The molecule has 2 heteroatoms. The largest absolute Gasteiger partial charge is 0.346 e. The third kappa shape index (κ3) is 3.45. The summed E-state index contributed by atoms with van der Waals surface area (Å²) in [5, 5.41) is 0. The van der Waals surface area contributed by atoms with Crippen LogP contribution in [-0.2, 0) is 0 Å². The molecule has 1 rings (SSSR count). The van der Waals surface area contributed by atoms with Gasteiger partial charge in [-0.15, -0.1) is 0 Å². The second-order valence-corrected chi connectivity index (χ2v) is 5.01. The highest BCUT2D eigenvalue weighted by atomic mass is 16.1. The highest BCUT2D eigenvalue weighted by Crippen LogP contribution is 2.23. The van der Waals surface area contributed by atoms with E-state index in [-0.39, 0.29) is 0 Å². The van der Waals surface area contributed by atoms with Crippen molar-refractivity contribution in [1.82, 2.24) is 4.57 Å². The van der Waals surface area contributed by atoms with Crippen molar-refractivity contribution in [3.8, 4) is 0 Å². The molecule has 0 saturated heterocycles. The van der Waals surface area contributed by atoms with E-state index in [0.717, 1.165) is 17.5 Å². The zero-order valence-corrected chi connectivity index (χ0v) is 11.6. The van der Waals surface area contributed by atoms with Crippen LogP contribution >= 0.6 is 0 Å². The molecule has 0 saturated carbocycles. The molecule has 0 aliphatic rings. The van der Waals surface area contributed by atoms with Crippen LogP contribution in [0.25, 0.3) is 0 Å². The maximum absolute atomic E-state index is 10.9. The Balaban J connectivity index is 2.65. The van der Waals surface area contributed by atoms with E-state index in [9.17, 15) is 4.79 Å². The molecule has 0 N–H and O–H groups in total. The van der Waals surface area contributed by atoms with Gasteiger partial charge in [0.25, 0.3) is 0 Å². The van der Waals surface area contributed by atoms with Crippen molar-refractivity contribution in [2.24, 2.45) is 0 Å². The van der Waals surface area contributed by atoms with Gasteiger partial charge < -0.3 is 4.57 Å². The summed E-state index contributed by atoms with van der Waals surface area (Å²) >= 11 is 0. The van der Waals surface area contributed by atoms with Crippen molar-refractivity contribution in [3.63, 3.8) is 0 Å². The molecule has 0 aromatic carbocycles. The van der Waals surface area contributed by atoms with Crippen molar-refractivity contribution in [2.75, 3.05) is 0 Å². The second-order valence-electron chi connectivity index (χ2n) is 5.01. The van der Waals surface area contributed by atoms with Gasteiger partial charge in [-0.3, -0.25) is 4.79 Å². The Hall–Kier alpha value is -1.05. The summed E-state index contributed by atoms with van der Waals surface area (Å²) in [5.41, 5.74) is 3.15. The highest BCUT2D eigenvalue weighted by Gasteiger charge is 2.13. The van der Waals surface area contributed by atoms with Crippen LogP contribution in [0.5, 0.6) is 0 Å². The second kappa shape index (κ2) is 6.63. The number of unbranched alkanes of at least 4 members (excludes halogenated alkanes) is 3. The third-order valence-corrected chi connectivity index (χ3v) is 3.57. The normalized spacial score (nSPS) is 12.7. The van der Waals surface area contributed by atoms with Crippen molar-refractivity contribution in [1.29, 1.82) is 0 Å². The molecule has 1 aromatic heterocycles. The van der Waals surface area contributed by atoms with E-state index in [1.807, 2.05) is 13.0 Å². The molecule has 0 aliphatic heterocycles. The van der Waals surface area contributed by atoms with E-state index >= 15 is 0 Å². The first kappa shape index (κ1) is 14.0. The Labute approximate surface area is 105 Å². The molecule has 1 aromatic rings. The van der Waals surface area contributed by atoms with Crippen molar-refractivity contribution < 1.29 is 4.79 Å². The Morgan fingerprint density at radius 3 is 2.53 bits per heavy atom. The van der Waals surface area contributed by atoms with Gasteiger partial charge in [-0.1, -0.05) is 32.6 Å². The summed E-state index contributed by atoms with van der Waals surface area (Å²) in [6.07, 6.45) is 7.38. The van der Waals surface area contributed by atoms with Crippen molar-refractivity contribution in [3.05, 3.63) is 23.0 Å². The first-order valence-corrected chi connectivity index (χ1v) is 6.75. The van der Waals surface area contributed by atoms with E-state index < -0.39 is 0 Å². The van der Waals surface area contributed by atoms with Gasteiger partial charge in [0.1, 0.15) is 0 Å². The quantitative estimate of drug-likeness (QED) is 0.505. The number of carbonyl (C=O) groups excluding carboxylic acids is 1. The minimum absolute atomic E-state index is 0.501. The van der Waals surface area contributed by atoms with E-state index in [0.29, 0.717) is 6.04 Å². The number of aldehydes is 1. The zero-order chi connectivity index (χ0) is 12.8. The highest BCUT2D eigenvalue weighted by molar-refractivity contribution is 5.77. The van der Waals surface area contributed by atoms with E-state index in [1.54, 1.807) is 0 Å². The Bertz CT molecular complexity index is 365. The maximum atomic E-state index is 10.9. The minimum atomic E-state index is 0.501. The number of hydrogen-bond donors (Lipinski definition) is 0. The fourth-order valence-electron chi connectivity index (χ4n) is 2.60. The Morgan fingerprint density at radius 2 is 2.00 bits per heavy atom. The van der Waals surface area contributed by atoms with Gasteiger partial charge in [-0.05, 0) is 33.3 Å². The number of aryl methyl sites for hydroxylation is 1. The predicted octanol–water partition coefficient (Wildman–Crippen LogP) is 4.45. The number of rotatable bonds is 7. The number of hydrogen-bond acceptors (Lipinski definition) is 1. The van der Waals surface area contributed by atoms with Crippen LogP contribution in [0.3, 0.4) is 0 Å². The van der Waals surface area contributed by atoms with Crippen LogP contribution in [0.2, 0.25) is 0 Å². The first-order valence-electron chi connectivity index (χ1n) is 6.75. The summed E-state index contributed by atoms with van der Waals surface area (Å²) in [7, 11) is 0. The predicted molar refractivity (Wildman–Crippen MR) is 72.8 cm³/mol. The number of carbonyl (C=O) groups is 1. The van der Waals surface area contributed by atoms with Crippen molar-refractivity contribution in [2.45, 2.75) is 65.8 Å². The summed E-state index contributed by atoms with van der Waals surface area (Å²) in [4.78, 5) is 10.9. The van der Waals surface area contributed by atoms with E-state index in [1.165, 1.54) is 37.8 Å². The lowest BCUT2D eigenvalue weighted by atomic mass is 10.1. The van der Waals surface area contributed by atoms with Gasteiger partial charge in [0.15, 0.2) is 6.29 Å². The lowest BCUT2D eigenvalue weighted by Crippen LogP contribution is -2.09. The van der Waals surface area contributed by atoms with Crippen LogP contribution in [0, 0.1) is 13.8 Å². The summed E-state index contributed by atoms with van der Waals surface area (Å²) in [5.74, 6) is 0. The molecule has 2 nitrogen and oxygen atoms in total. The molecular weight excluding hydrogens is 210 g/mol. The number of nitrogens with zero attached hydrogens (tertiary/aromatic N) is 1. The fourth-order valence-corrected chi connectivity index (χ4v) is 2.60. The molecule has 1 unspecified atom stereocenters. The van der Waals surface area contributed by atoms with Gasteiger partial charge in [-0.25, -0.2) is 0 Å². The molecule has 1 heterocycles. The SMILES string of the molecule is CCCCCCC(C)n1c(C)cc(C=O)c1C. The van der Waals surface area contributed by atoms with Gasteiger partial charge >= 0.3 is 0 Å². The van der Waals surface area contributed by atoms with Crippen LogP contribution in [0.15, 0.2) is 6.07 Å². The molecule has 0 amide bonds. The zero-order valence-electron chi connectivity index (χ0n) is 11.6. The van der Waals surface area contributed by atoms with Crippen molar-refractivity contribution >= 4 is 6.29 Å². The molecule has 0 spiro atoms. The lowest BCUT2D eigenvalue weighted by Gasteiger charge is -2.18. The first-order chi connectivity index (χ1) is 8.11. The van der Waals surface area contributed by atoms with Gasteiger partial charge in [0.05, 0.1) is 0 Å². The molecule has 0 radical (unpaired) electrons. The molecule has 96 valence electrons. The molecular formula is C15H25NO. The lowest BCUT2D eigenvalue weighted by molar-refractivity contribution is 0.112. The fraction of sp³-hybridized carbons (Fsp3) is 0.667. The summed E-state index contributed by atoms with van der Waals surface area (Å²) in [6.45, 7) is 8.61. The van der Waals surface area contributed by atoms with Gasteiger partial charge in [0.2, 0.25) is 0 Å². The van der Waals surface area contributed by atoms with Crippen LogP contribution in [0.1, 0.15) is 73.7 Å². The topological polar surface area (TPSA) is 22.0 Å². The third-order valence-electron chi connectivity index (χ3n) is 3.57. The average Bonchev–Trinajstić information content (AvgIpc) is 2.59. The molecule has 17 heavy (non-hydrogen) atoms. The van der Waals surface area contributed by atoms with Crippen LogP contribution < -0.4 is 0 Å². The minimum Gasteiger partial charge on any atom is -0.346 e. The summed E-state index contributed by atoms with van der Waals surface area (Å²) < 4.78 is 2.30. The van der Waals surface area contributed by atoms with Gasteiger partial charge in [-0.2, -0.15) is 0 Å². The van der Waals surface area contributed by atoms with Crippen LogP contribution in [0.4, 0.5) is 0 Å². The smallest absolute Gasteiger partial charge is 0.151 e. The van der Waals surface area contributed by atoms with E-state index in [2.05, 4.69) is 25.3 Å². The molecule has 0 fully saturated rings. The Morgan fingerprint density at radius 1 is 1.29 bits per heavy atom. The average molecular weight is 235 g/mol. The Kier molecular flexibility index (Phi) is 5.46.